The van der Waals surface area contributed by atoms with Gasteiger partial charge in [-0.05, 0) is 79.1 Å². The molecule has 7 heteroatoms. The van der Waals surface area contributed by atoms with Crippen molar-refractivity contribution in [3.8, 4) is 0 Å². The number of amides is 1. The summed E-state index contributed by atoms with van der Waals surface area (Å²) in [6.07, 6.45) is 5.31. The topological polar surface area (TPSA) is 66.5 Å². The van der Waals surface area contributed by atoms with Crippen LogP contribution in [0, 0.1) is 0 Å². The summed E-state index contributed by atoms with van der Waals surface area (Å²) in [5, 5.41) is 3.07. The van der Waals surface area contributed by atoms with E-state index in [4.69, 9.17) is 0 Å². The Morgan fingerprint density at radius 3 is 2.41 bits per heavy atom. The van der Waals surface area contributed by atoms with E-state index in [0.29, 0.717) is 12.1 Å². The maximum absolute atomic E-state index is 13.5. The van der Waals surface area contributed by atoms with E-state index in [1.165, 1.54) is 28.3 Å². The van der Waals surface area contributed by atoms with E-state index in [-0.39, 0.29) is 23.4 Å². The van der Waals surface area contributed by atoms with Crippen LogP contribution >= 0.6 is 15.9 Å². The lowest BCUT2D eigenvalue weighted by molar-refractivity contribution is -0.120. The Hall–Kier alpha value is -2.64. The molecule has 0 unspecified atom stereocenters. The average molecular weight is 542 g/mol. The summed E-state index contributed by atoms with van der Waals surface area (Å²) < 4.78 is 28.9. The zero-order chi connectivity index (χ0) is 24.1. The first-order valence-corrected chi connectivity index (χ1v) is 13.9. The summed E-state index contributed by atoms with van der Waals surface area (Å²) in [5.74, 6) is -0.343. The highest BCUT2D eigenvalue weighted by atomic mass is 79.9. The fourth-order valence-electron chi connectivity index (χ4n) is 4.43. The number of rotatable bonds is 8. The smallest absolute Gasteiger partial charge is 0.264 e. The Bertz CT molecular complexity index is 1260. The molecule has 0 saturated carbocycles. The fourth-order valence-corrected chi connectivity index (χ4v) is 6.25. The zero-order valence-electron chi connectivity index (χ0n) is 19.2. The highest BCUT2D eigenvalue weighted by Gasteiger charge is 2.28. The van der Waals surface area contributed by atoms with Crippen LogP contribution < -0.4 is 9.62 Å². The molecule has 0 saturated heterocycles. The number of hydrogen-bond acceptors (Lipinski definition) is 3. The van der Waals surface area contributed by atoms with Crippen molar-refractivity contribution in [2.75, 3.05) is 10.8 Å². The van der Waals surface area contributed by atoms with Crippen molar-refractivity contribution in [1.29, 1.82) is 0 Å². The predicted molar refractivity (Wildman–Crippen MR) is 139 cm³/mol. The number of carbonyl (C=O) groups is 1. The third-order valence-electron chi connectivity index (χ3n) is 6.23. The molecule has 34 heavy (non-hydrogen) atoms. The lowest BCUT2D eigenvalue weighted by atomic mass is 9.89. The number of anilines is 1. The number of fused-ring (bicyclic) bond motifs is 1. The molecule has 3 aromatic rings. The molecule has 1 amide bonds. The first-order valence-electron chi connectivity index (χ1n) is 11.6. The molecular formula is C27H29BrN2O3S. The highest BCUT2D eigenvalue weighted by molar-refractivity contribution is 9.10. The van der Waals surface area contributed by atoms with E-state index in [1.807, 2.05) is 13.0 Å². The van der Waals surface area contributed by atoms with Gasteiger partial charge in [0, 0.05) is 4.47 Å². The van der Waals surface area contributed by atoms with Gasteiger partial charge in [0.1, 0.15) is 6.54 Å². The molecule has 4 rings (SSSR count). The maximum atomic E-state index is 13.5. The van der Waals surface area contributed by atoms with E-state index < -0.39 is 10.0 Å². The number of aryl methyl sites for hydroxylation is 2. The molecule has 0 aliphatic heterocycles. The standard InChI is InChI=1S/C27H29BrN2O3S/c1-2-26(22-16-15-20-9-6-7-10-21(20)17-22)29-27(31)19-30(24-12-8-11-23(28)18-24)34(32,33)25-13-4-3-5-14-25/h3-5,8,11-18,26H,2,6-7,9-10,19H2,1H3,(H,29,31)/t26-/m0/s1. The highest BCUT2D eigenvalue weighted by Crippen LogP contribution is 2.28. The summed E-state index contributed by atoms with van der Waals surface area (Å²) >= 11 is 3.41. The monoisotopic (exact) mass is 540 g/mol. The van der Waals surface area contributed by atoms with Crippen molar-refractivity contribution < 1.29 is 13.2 Å². The van der Waals surface area contributed by atoms with Crippen molar-refractivity contribution in [1.82, 2.24) is 5.32 Å². The van der Waals surface area contributed by atoms with Crippen LogP contribution in [0.1, 0.15) is 48.9 Å². The Labute approximate surface area is 210 Å². The van der Waals surface area contributed by atoms with E-state index in [1.54, 1.807) is 48.5 Å². The number of sulfonamides is 1. The van der Waals surface area contributed by atoms with Gasteiger partial charge in [-0.25, -0.2) is 8.42 Å². The van der Waals surface area contributed by atoms with Crippen LogP contribution in [-0.4, -0.2) is 20.9 Å². The molecule has 5 nitrogen and oxygen atoms in total. The summed E-state index contributed by atoms with van der Waals surface area (Å²) in [6, 6.07) is 21.5. The first kappa shape index (κ1) is 24.5. The van der Waals surface area contributed by atoms with Crippen LogP contribution in [0.25, 0.3) is 0 Å². The molecule has 3 aromatic carbocycles. The molecule has 0 bridgehead atoms. The minimum Gasteiger partial charge on any atom is -0.348 e. The molecule has 1 aliphatic carbocycles. The summed E-state index contributed by atoms with van der Waals surface area (Å²) in [4.78, 5) is 13.3. The van der Waals surface area contributed by atoms with Crippen molar-refractivity contribution in [3.05, 3.63) is 94.0 Å². The van der Waals surface area contributed by atoms with Gasteiger partial charge in [0.15, 0.2) is 0 Å². The van der Waals surface area contributed by atoms with Crippen LogP contribution in [0.4, 0.5) is 5.69 Å². The number of hydrogen-bond donors (Lipinski definition) is 1. The molecular weight excluding hydrogens is 512 g/mol. The Morgan fingerprint density at radius 1 is 0.971 bits per heavy atom. The molecule has 1 atom stereocenters. The number of nitrogens with one attached hydrogen (secondary N) is 1. The summed E-state index contributed by atoms with van der Waals surface area (Å²) in [5.41, 5.74) is 4.25. The lowest BCUT2D eigenvalue weighted by Crippen LogP contribution is -2.42. The molecule has 0 radical (unpaired) electrons. The third kappa shape index (κ3) is 5.53. The number of nitrogens with zero attached hydrogens (tertiary/aromatic N) is 1. The van der Waals surface area contributed by atoms with Gasteiger partial charge in [0.05, 0.1) is 16.6 Å². The van der Waals surface area contributed by atoms with Gasteiger partial charge in [-0.1, -0.05) is 65.3 Å². The van der Waals surface area contributed by atoms with Gasteiger partial charge >= 0.3 is 0 Å². The second-order valence-corrected chi connectivity index (χ2v) is 11.3. The zero-order valence-corrected chi connectivity index (χ0v) is 21.6. The molecule has 178 valence electrons. The minimum absolute atomic E-state index is 0.143. The van der Waals surface area contributed by atoms with Crippen LogP contribution in [0.5, 0.6) is 0 Å². The number of benzene rings is 3. The van der Waals surface area contributed by atoms with E-state index in [9.17, 15) is 13.2 Å². The third-order valence-corrected chi connectivity index (χ3v) is 8.51. The summed E-state index contributed by atoms with van der Waals surface area (Å²) in [7, 11) is -3.93. The Balaban J connectivity index is 1.59. The van der Waals surface area contributed by atoms with Crippen molar-refractivity contribution >= 4 is 37.5 Å². The van der Waals surface area contributed by atoms with Crippen LogP contribution in [0.2, 0.25) is 0 Å². The molecule has 0 aromatic heterocycles. The quantitative estimate of drug-likeness (QED) is 0.393. The van der Waals surface area contributed by atoms with Gasteiger partial charge in [0.2, 0.25) is 5.91 Å². The summed E-state index contributed by atoms with van der Waals surface area (Å²) in [6.45, 7) is 1.71. The Kier molecular flexibility index (Phi) is 7.73. The van der Waals surface area contributed by atoms with E-state index in [2.05, 4.69) is 39.4 Å². The number of carbonyl (C=O) groups excluding carboxylic acids is 1. The molecule has 0 heterocycles. The molecule has 1 aliphatic rings. The van der Waals surface area contributed by atoms with Crippen LogP contribution in [0.15, 0.2) is 82.2 Å². The Morgan fingerprint density at radius 2 is 1.71 bits per heavy atom. The van der Waals surface area contributed by atoms with E-state index in [0.717, 1.165) is 22.9 Å². The lowest BCUT2D eigenvalue weighted by Gasteiger charge is -2.26. The predicted octanol–water partition coefficient (Wildman–Crippen LogP) is 5.79. The number of halogens is 1. The van der Waals surface area contributed by atoms with Gasteiger partial charge in [-0.2, -0.15) is 0 Å². The van der Waals surface area contributed by atoms with Gasteiger partial charge in [-0.15, -0.1) is 0 Å². The van der Waals surface area contributed by atoms with Crippen molar-refractivity contribution in [2.24, 2.45) is 0 Å². The SMILES string of the molecule is CC[C@H](NC(=O)CN(c1cccc(Br)c1)S(=O)(=O)c1ccccc1)c1ccc2c(c1)CCCC2. The first-order chi connectivity index (χ1) is 16.4. The largest absolute Gasteiger partial charge is 0.348 e. The normalized spacial score (nSPS) is 14.2. The average Bonchev–Trinajstić information content (AvgIpc) is 2.86. The second-order valence-electron chi connectivity index (χ2n) is 8.57. The van der Waals surface area contributed by atoms with E-state index >= 15 is 0 Å². The van der Waals surface area contributed by atoms with Crippen LogP contribution in [-0.2, 0) is 27.7 Å². The van der Waals surface area contributed by atoms with Gasteiger partial charge in [-0.3, -0.25) is 9.10 Å². The van der Waals surface area contributed by atoms with Crippen molar-refractivity contribution in [3.63, 3.8) is 0 Å². The molecule has 0 spiro atoms. The fraction of sp³-hybridized carbons (Fsp3) is 0.296. The molecule has 1 N–H and O–H groups in total. The minimum atomic E-state index is -3.93. The maximum Gasteiger partial charge on any atom is 0.264 e. The second kappa shape index (κ2) is 10.7. The molecule has 0 fully saturated rings. The van der Waals surface area contributed by atoms with Crippen LogP contribution in [0.3, 0.4) is 0 Å². The van der Waals surface area contributed by atoms with Gasteiger partial charge < -0.3 is 5.32 Å². The van der Waals surface area contributed by atoms with Gasteiger partial charge in [0.25, 0.3) is 10.0 Å². The van der Waals surface area contributed by atoms with Crippen molar-refractivity contribution in [2.45, 2.75) is 50.0 Å².